The van der Waals surface area contributed by atoms with E-state index in [1.807, 2.05) is 0 Å². The first-order chi connectivity index (χ1) is 23.6. The summed E-state index contributed by atoms with van der Waals surface area (Å²) in [6.45, 7) is 34.6. The molecule has 0 saturated heterocycles. The predicted octanol–water partition coefficient (Wildman–Crippen LogP) is 11.2. The summed E-state index contributed by atoms with van der Waals surface area (Å²) in [5.41, 5.74) is 4.40. The van der Waals surface area contributed by atoms with Gasteiger partial charge in [0.25, 0.3) is 8.53 Å². The average molecular weight is 706 g/mol. The molecule has 0 spiro atoms. The Labute approximate surface area is 304 Å². The van der Waals surface area contributed by atoms with Crippen LogP contribution in [0.1, 0.15) is 149 Å². The van der Waals surface area contributed by atoms with E-state index in [4.69, 9.17) is 31.6 Å². The molecule has 1 N–H and O–H groups in total. The summed E-state index contributed by atoms with van der Waals surface area (Å²) in [6.07, 6.45) is 13.2. The van der Waals surface area contributed by atoms with Gasteiger partial charge in [-0.1, -0.05) is 72.6 Å². The Bertz CT molecular complexity index is 1170. The maximum Gasteiger partial charge on any atom is 0.259 e. The molecule has 282 valence electrons. The van der Waals surface area contributed by atoms with Crippen LogP contribution < -0.4 is 9.47 Å². The summed E-state index contributed by atoms with van der Waals surface area (Å²) in [6, 6.07) is 0.356. The third-order valence-corrected chi connectivity index (χ3v) is 12.5. The largest absolute Gasteiger partial charge is 0.490 e. The molecule has 8 heteroatoms. The van der Waals surface area contributed by atoms with Crippen LogP contribution in [0.25, 0.3) is 4.85 Å². The van der Waals surface area contributed by atoms with Crippen molar-refractivity contribution in [1.29, 1.82) is 1.43 Å². The highest BCUT2D eigenvalue weighted by atomic mass is 31.2. The van der Waals surface area contributed by atoms with Crippen LogP contribution in [-0.4, -0.2) is 61.4 Å². The summed E-state index contributed by atoms with van der Waals surface area (Å²) in [7, 11) is -1.48. The van der Waals surface area contributed by atoms with Crippen molar-refractivity contribution < 1.29 is 23.6 Å². The zero-order valence-electron chi connectivity index (χ0n) is 34.5. The Kier molecular flexibility index (Phi) is 18.7. The number of fused-ring (bicyclic) bond motifs is 1. The fourth-order valence-electron chi connectivity index (χ4n) is 7.18. The first-order valence-electron chi connectivity index (χ1n) is 19.8. The quantitative estimate of drug-likeness (QED) is 0.0621. The monoisotopic (exact) mass is 706 g/mol. The van der Waals surface area contributed by atoms with E-state index in [9.17, 15) is 0 Å². The predicted molar refractivity (Wildman–Crippen MR) is 207 cm³/mol. The molecule has 5 atom stereocenters. The second-order valence-electron chi connectivity index (χ2n) is 16.1. The lowest BCUT2D eigenvalue weighted by atomic mass is 9.83. The number of aliphatic hydroxyl groups is 1. The van der Waals surface area contributed by atoms with Gasteiger partial charge in [-0.15, -0.1) is 0 Å². The molecule has 7 nitrogen and oxygen atoms in total. The van der Waals surface area contributed by atoms with Crippen LogP contribution in [0.5, 0.6) is 11.5 Å². The minimum absolute atomic E-state index is 0.0503. The summed E-state index contributed by atoms with van der Waals surface area (Å²) in [5.74, 6) is 4.32. The molecular formula is C41H73N2O5P. The van der Waals surface area contributed by atoms with Crippen molar-refractivity contribution in [1.82, 2.24) is 4.67 Å². The van der Waals surface area contributed by atoms with Gasteiger partial charge >= 0.3 is 0 Å². The van der Waals surface area contributed by atoms with E-state index in [1.165, 1.54) is 56.9 Å². The van der Waals surface area contributed by atoms with Crippen molar-refractivity contribution in [2.24, 2.45) is 17.8 Å². The maximum atomic E-state index is 7.49. The van der Waals surface area contributed by atoms with Gasteiger partial charge in [-0.05, 0) is 116 Å². The Morgan fingerprint density at radius 2 is 1.53 bits per heavy atom. The van der Waals surface area contributed by atoms with Gasteiger partial charge in [-0.3, -0.25) is 0 Å². The van der Waals surface area contributed by atoms with Crippen LogP contribution in [-0.2, 0) is 15.5 Å². The Hall–Kier alpha value is -1.42. The van der Waals surface area contributed by atoms with E-state index in [1.54, 1.807) is 0 Å². The fourth-order valence-corrected chi connectivity index (χ4v) is 8.85. The molecule has 1 aromatic rings. The molecule has 0 amide bonds. The minimum atomic E-state index is -1.48. The fraction of sp³-hybridized carbons (Fsp3) is 0.829. The molecule has 1 aliphatic heterocycles. The summed E-state index contributed by atoms with van der Waals surface area (Å²) < 4.78 is 35.7. The zero-order valence-corrected chi connectivity index (χ0v) is 34.3. The Morgan fingerprint density at radius 1 is 0.918 bits per heavy atom. The highest BCUT2D eigenvalue weighted by molar-refractivity contribution is 7.44. The number of benzene rings is 1. The summed E-state index contributed by atoms with van der Waals surface area (Å²) in [5, 5.41) is 4.82. The van der Waals surface area contributed by atoms with Gasteiger partial charge in [-0.2, -0.15) is 0 Å². The minimum Gasteiger partial charge on any atom is -0.490 e. The first kappa shape index (κ1) is 42.0. The molecule has 1 aromatic carbocycles. The van der Waals surface area contributed by atoms with E-state index in [0.717, 1.165) is 65.2 Å². The maximum absolute atomic E-state index is 7.49. The van der Waals surface area contributed by atoms with Gasteiger partial charge in [0, 0.05) is 17.6 Å². The number of nitrogens with zero attached hydrogens (tertiary/aromatic N) is 2. The van der Waals surface area contributed by atoms with Gasteiger partial charge in [0.2, 0.25) is 7.98 Å². The zero-order chi connectivity index (χ0) is 37.4. The summed E-state index contributed by atoms with van der Waals surface area (Å²) >= 11 is 0. The number of hydrogen-bond acceptors (Lipinski definition) is 6. The van der Waals surface area contributed by atoms with E-state index in [-0.39, 0.29) is 37.4 Å². The lowest BCUT2D eigenvalue weighted by Gasteiger charge is -2.39. The van der Waals surface area contributed by atoms with Crippen LogP contribution in [0.3, 0.4) is 0 Å². The first-order valence-corrected chi connectivity index (χ1v) is 20.5. The standard InChI is InChI=1S/C41H73N2O5P/c1-29(2)17-14-18-32(7)19-15-20-33(8)21-16-23-41(12)24-22-38-36(11)39(34(9)35(10)40(38)47-41)45-28-37(27-44)48-49(46-26-25-42-13)43(30(3)4)31(5)6/h29-33,37,44H,14-28H2,1-12H3/i44D. The van der Waals surface area contributed by atoms with Gasteiger partial charge in [0.1, 0.15) is 36.4 Å². The van der Waals surface area contributed by atoms with Crippen LogP contribution in [0, 0.1) is 45.1 Å². The van der Waals surface area contributed by atoms with E-state index in [2.05, 4.69) is 92.6 Å². The SMILES string of the molecule is [2H]OCC(COc1c(C)c(C)c2c(c1C)CCC(C)(CCCC(C)CCCC(C)CCCC(C)C)O2)OP(OCC[N+]#[C-])N(C(C)C)C(C)C. The van der Waals surface area contributed by atoms with Crippen molar-refractivity contribution in [3.63, 3.8) is 0 Å². The topological polar surface area (TPSA) is 64.8 Å². The van der Waals surface area contributed by atoms with Gasteiger partial charge in [0.15, 0.2) is 0 Å². The molecule has 0 aliphatic carbocycles. The molecule has 0 saturated carbocycles. The van der Waals surface area contributed by atoms with Crippen LogP contribution in [0.2, 0.25) is 0 Å². The highest BCUT2D eigenvalue weighted by Crippen LogP contribution is 2.48. The molecule has 49 heavy (non-hydrogen) atoms. The number of rotatable bonds is 25. The molecule has 2 rings (SSSR count). The van der Waals surface area contributed by atoms with Gasteiger partial charge in [0.05, 0.1) is 6.61 Å². The molecule has 0 radical (unpaired) electrons. The highest BCUT2D eigenvalue weighted by Gasteiger charge is 2.35. The van der Waals surface area contributed by atoms with E-state index < -0.39 is 14.6 Å². The van der Waals surface area contributed by atoms with Crippen molar-refractivity contribution in [2.75, 3.05) is 26.4 Å². The van der Waals surface area contributed by atoms with Crippen molar-refractivity contribution in [2.45, 2.75) is 178 Å². The van der Waals surface area contributed by atoms with Crippen LogP contribution >= 0.6 is 8.53 Å². The number of aliphatic hydroxyl groups excluding tert-OH is 1. The van der Waals surface area contributed by atoms with Crippen molar-refractivity contribution in [3.8, 4) is 11.5 Å². The molecule has 1 aliphatic rings. The second kappa shape index (κ2) is 21.8. The second-order valence-corrected chi connectivity index (χ2v) is 17.6. The molecule has 1 heterocycles. The Morgan fingerprint density at radius 3 is 2.10 bits per heavy atom. The molecule has 0 aromatic heterocycles. The van der Waals surface area contributed by atoms with Crippen LogP contribution in [0.15, 0.2) is 0 Å². The third-order valence-electron chi connectivity index (χ3n) is 10.3. The average Bonchev–Trinajstić information content (AvgIpc) is 3.03. The lowest BCUT2D eigenvalue weighted by molar-refractivity contribution is 0.0485. The Balaban J connectivity index is 2.03. The molecule has 5 unspecified atom stereocenters. The summed E-state index contributed by atoms with van der Waals surface area (Å²) in [4.78, 5) is 3.44. The van der Waals surface area contributed by atoms with Gasteiger partial charge in [-0.25, -0.2) is 11.2 Å². The van der Waals surface area contributed by atoms with Crippen molar-refractivity contribution >= 4 is 8.53 Å². The molecule has 0 bridgehead atoms. The van der Waals surface area contributed by atoms with Gasteiger partial charge < -0.3 is 28.5 Å². The molecule has 0 fully saturated rings. The smallest absolute Gasteiger partial charge is 0.259 e. The van der Waals surface area contributed by atoms with E-state index >= 15 is 0 Å². The normalized spacial score (nSPS) is 19.0. The molecular weight excluding hydrogens is 631 g/mol. The van der Waals surface area contributed by atoms with E-state index in [0.29, 0.717) is 6.61 Å². The number of hydrogen-bond donors (Lipinski definition) is 1. The van der Waals surface area contributed by atoms with Crippen LogP contribution in [0.4, 0.5) is 0 Å². The number of ether oxygens (including phenoxy) is 2. The lowest BCUT2D eigenvalue weighted by Crippen LogP contribution is -2.37. The third kappa shape index (κ3) is 14.3. The van der Waals surface area contributed by atoms with Crippen molar-refractivity contribution in [3.05, 3.63) is 33.7 Å².